The molecule has 15 rings (SSSR count). The van der Waals surface area contributed by atoms with Crippen molar-refractivity contribution in [1.29, 1.82) is 0 Å². The van der Waals surface area contributed by atoms with E-state index in [9.17, 15) is 58.1 Å². The van der Waals surface area contributed by atoms with E-state index in [1.807, 2.05) is 24.3 Å². The number of nitrogens with zero attached hydrogens (tertiary/aromatic N) is 12. The molecule has 3 fully saturated rings. The first-order chi connectivity index (χ1) is 67.8. The quantitative estimate of drug-likeness (QED) is 0.0132. The molecule has 0 saturated carbocycles. The lowest BCUT2D eigenvalue weighted by Crippen LogP contribution is -2.52. The van der Waals surface area contributed by atoms with Crippen molar-refractivity contribution in [2.75, 3.05) is 188 Å². The van der Waals surface area contributed by atoms with Crippen molar-refractivity contribution < 1.29 is 81.8 Å². The van der Waals surface area contributed by atoms with E-state index in [-0.39, 0.29) is 77.4 Å². The molecular formula is C94H114Cl3N21O18P4S3. The number of halogens is 3. The predicted molar refractivity (Wildman–Crippen MR) is 567 cm³/mol. The zero-order valence-electron chi connectivity index (χ0n) is 80.6. The predicted octanol–water partition coefficient (Wildman–Crippen LogP) is 15.1. The molecule has 0 radical (unpaired) electrons. The van der Waals surface area contributed by atoms with Crippen molar-refractivity contribution in [1.82, 2.24) is 54.0 Å². The van der Waals surface area contributed by atoms with Gasteiger partial charge in [-0.2, -0.15) is 24.2 Å². The highest BCUT2D eigenvalue weighted by atomic mass is 35.5. The number of primary sulfonamides is 1. The molecule has 0 atom stereocenters. The number of hydrogen-bond acceptors (Lipinski definition) is 35. The number of aromatic nitrogens is 8. The topological polar surface area (TPSA) is 513 Å². The van der Waals surface area contributed by atoms with Crippen LogP contribution in [0.1, 0.15) is 37.8 Å². The number of sulfonamides is 2. The molecule has 3 aliphatic heterocycles. The number of para-hydroxylation sites is 3. The van der Waals surface area contributed by atoms with Crippen molar-refractivity contribution in [3.8, 4) is 23.0 Å². The van der Waals surface area contributed by atoms with Gasteiger partial charge in [-0.1, -0.05) is 89.4 Å². The summed E-state index contributed by atoms with van der Waals surface area (Å²) < 4.78 is 153. The monoisotopic (exact) mass is 2150 g/mol. The van der Waals surface area contributed by atoms with Gasteiger partial charge in [0.25, 0.3) is 0 Å². The Morgan fingerprint density at radius 3 is 1.38 bits per heavy atom. The fraction of sp³-hybridized carbons (Fsp3) is 0.309. The van der Waals surface area contributed by atoms with Crippen LogP contribution in [0.3, 0.4) is 0 Å². The number of methoxy groups -OCH3 is 4. The highest BCUT2D eigenvalue weighted by molar-refractivity contribution is 7.92. The number of aldehydes is 1. The second-order valence-corrected chi connectivity index (χ2v) is 52.7. The largest absolute Gasteiger partial charge is 0.495 e. The summed E-state index contributed by atoms with van der Waals surface area (Å²) in [6.45, 7) is 21.4. The number of carbonyl (C=O) groups excluding carboxylic acids is 1. The third-order valence-corrected chi connectivity index (χ3v) is 34.4. The number of anilines is 16. The Kier molecular flexibility index (Phi) is 37.4. The number of sulfone groups is 1. The van der Waals surface area contributed by atoms with Crippen LogP contribution in [0.5, 0.6) is 23.0 Å². The first-order valence-electron chi connectivity index (χ1n) is 44.6. The fourth-order valence-electron chi connectivity index (χ4n) is 15.1. The number of benzene rings is 8. The highest BCUT2D eigenvalue weighted by Crippen LogP contribution is 2.44. The van der Waals surface area contributed by atoms with E-state index in [4.69, 9.17) is 63.6 Å². The van der Waals surface area contributed by atoms with Crippen molar-refractivity contribution in [2.24, 2.45) is 5.14 Å². The Bertz CT molecular complexity index is 7140. The molecule has 39 nitrogen and oxygen atoms in total. The summed E-state index contributed by atoms with van der Waals surface area (Å²) in [5.41, 5.74) is 5.57. The number of nitrogens with two attached hydrogens (primary N) is 1. The van der Waals surface area contributed by atoms with Crippen LogP contribution in [0.25, 0.3) is 0 Å². The van der Waals surface area contributed by atoms with Gasteiger partial charge in [-0.05, 0) is 182 Å². The van der Waals surface area contributed by atoms with E-state index < -0.39 is 64.2 Å². The minimum Gasteiger partial charge on any atom is -0.495 e. The second kappa shape index (κ2) is 48.5. The third-order valence-electron chi connectivity index (χ3n) is 22.9. The molecule has 12 N–H and O–H groups in total. The number of likely N-dealkylation sites (N-methyl/N-ethyl adjacent to an activating group) is 1. The van der Waals surface area contributed by atoms with Crippen LogP contribution >= 0.6 is 63.8 Å². The van der Waals surface area contributed by atoms with Gasteiger partial charge in [-0.15, -0.1) is 0 Å². The SMILES string of the molecule is COc1cc(N2CCC(N3CCN(C)CC3)CC2)ccc1Nc1ncc(Cl)c(NCc2ccccc2P(=O)(O)O)n1.COc1cc(P(C)(C)=O)ccc1Nc1ncc(CC=O)c(Nc2ccccc2S(=O)(=O)C(C)C)n1.COc1cc(P(C)(C)=O)ccc1Nc1ncc(Cl)c(Nc2ccccc2S(N)(=O)=O)n1.COc1cc(S(=O)(=O)N2CCOCC2)ccc1Nc1ncc(Cl)c(Nc2ccccc2P(C)(C)=O)n1. The van der Waals surface area contributed by atoms with E-state index in [0.29, 0.717) is 140 Å². The summed E-state index contributed by atoms with van der Waals surface area (Å²) in [4.78, 5) is 72.9. The normalized spacial score (nSPS) is 14.2. The number of piperidine rings is 1. The molecule has 3 aliphatic rings. The number of morpholine rings is 1. The highest BCUT2D eigenvalue weighted by Gasteiger charge is 2.32. The van der Waals surface area contributed by atoms with Crippen LogP contribution in [0.2, 0.25) is 15.1 Å². The van der Waals surface area contributed by atoms with Gasteiger partial charge in [-0.3, -0.25) is 9.46 Å². The maximum absolute atomic E-state index is 13.0. The molecular weight excluding hydrogens is 2040 g/mol. The summed E-state index contributed by atoms with van der Waals surface area (Å²) >= 11 is 18.8. The van der Waals surface area contributed by atoms with Crippen molar-refractivity contribution in [2.45, 2.75) is 65.6 Å². The zero-order valence-corrected chi connectivity index (χ0v) is 88.9. The van der Waals surface area contributed by atoms with Crippen LogP contribution in [-0.2, 0) is 70.6 Å². The molecule has 8 aromatic carbocycles. The van der Waals surface area contributed by atoms with E-state index in [1.54, 1.807) is 170 Å². The maximum atomic E-state index is 13.0. The molecule has 3 saturated heterocycles. The lowest BCUT2D eigenvalue weighted by atomic mass is 10.0. The smallest absolute Gasteiger partial charge is 0.356 e. The maximum Gasteiger partial charge on any atom is 0.356 e. The molecule has 12 aromatic rings. The standard InChI is InChI=1S/C28H37ClN7O4P.C24H29N4O5PS.C23H27ClN5O5PS.C19H21ClN5O4PS/c1-34-13-15-36(16-14-34)21-9-11-35(12-10-21)22-7-8-24(25(17-22)40-2)32-28-31-19-23(29)27(33-28)30-18-20-5-3-4-6-26(20)41(37,38)39;1-16(2)35(31,32)22-9-7-6-8-20(22)26-23-17(12-13-29)15-25-24(28-23)27-19-11-10-18(34(4,5)30)14-21(19)33-3;1-33-20-14-16(36(31,32)29-10-12-34-13-11-29)8-9-18(20)27-23-25-15-17(24)22(28-23)26-19-6-4-5-7-21(19)35(2,3)30;1-29-16-10-12(30(2,3)26)8-9-14(16)24-19-22-11-13(20)18(25-19)23-15-6-4-5-7-17(15)31(21,27)28/h3-8,17,19,21H,9-16,18H2,1-2H3,(H2,37,38,39)(H2,30,31,32,33);6-11,13-16H,12H2,1-5H3,(H2,25,26,27,28);4-9,14-15H,10-13H2,1-3H3,(H2,25,26,27,28);4-11H,1-3H3,(H2,21,27,28)(H2,22,23,24,25). The number of nitrogens with one attached hydrogen (secondary N) is 8. The van der Waals surface area contributed by atoms with Crippen LogP contribution in [0.15, 0.2) is 209 Å². The molecule has 7 heterocycles. The molecule has 0 bridgehead atoms. The second-order valence-electron chi connectivity index (χ2n) is 34.3. The number of carbonyl (C=O) groups is 1. The Balaban J connectivity index is 0.000000171. The minimum absolute atomic E-state index is 0.0376. The Hall–Kier alpha value is -11.5. The molecule has 143 heavy (non-hydrogen) atoms. The number of rotatable bonds is 34. The van der Waals surface area contributed by atoms with Gasteiger partial charge in [0.1, 0.15) is 76.5 Å². The van der Waals surface area contributed by atoms with Crippen LogP contribution in [-0.4, -0.2) is 248 Å². The lowest BCUT2D eigenvalue weighted by molar-refractivity contribution is -0.107. The van der Waals surface area contributed by atoms with Crippen molar-refractivity contribution >= 4 is 214 Å². The fourth-order valence-corrected chi connectivity index (χ4v) is 22.5. The first-order valence-corrected chi connectivity index (χ1v) is 59.7. The van der Waals surface area contributed by atoms with Crippen LogP contribution in [0, 0.1) is 0 Å². The molecule has 762 valence electrons. The van der Waals surface area contributed by atoms with Crippen molar-refractivity contribution in [3.63, 3.8) is 0 Å². The van der Waals surface area contributed by atoms with Gasteiger partial charge in [0, 0.05) is 117 Å². The zero-order chi connectivity index (χ0) is 104. The number of hydrogen-bond donors (Lipinski definition) is 11. The summed E-state index contributed by atoms with van der Waals surface area (Å²) in [6.07, 6.45) is 8.84. The van der Waals surface area contributed by atoms with Gasteiger partial charge in [0.2, 0.25) is 43.8 Å². The first kappa shape index (κ1) is 110. The average molecular weight is 2150 g/mol. The molecule has 4 aromatic heterocycles. The van der Waals surface area contributed by atoms with E-state index in [0.717, 1.165) is 64.1 Å². The van der Waals surface area contributed by atoms with E-state index in [2.05, 4.69) is 110 Å². The Morgan fingerprint density at radius 1 is 0.469 bits per heavy atom. The lowest BCUT2D eigenvalue weighted by Gasteiger charge is -2.42. The summed E-state index contributed by atoms with van der Waals surface area (Å²) in [5.74, 6) is 3.94. The Morgan fingerprint density at radius 2 is 0.888 bits per heavy atom. The molecule has 0 spiro atoms. The Labute approximate surface area is 846 Å². The van der Waals surface area contributed by atoms with E-state index in [1.165, 1.54) is 80.8 Å². The summed E-state index contributed by atoms with van der Waals surface area (Å²) in [6, 6.07) is 47.9. The van der Waals surface area contributed by atoms with Gasteiger partial charge < -0.3 is 104 Å². The van der Waals surface area contributed by atoms with Gasteiger partial charge >= 0.3 is 7.60 Å². The summed E-state index contributed by atoms with van der Waals surface area (Å²) in [5, 5.41) is 31.9. The number of piperazine rings is 1. The van der Waals surface area contributed by atoms with Crippen LogP contribution < -0.4 is 92.7 Å². The van der Waals surface area contributed by atoms with E-state index >= 15 is 0 Å². The third kappa shape index (κ3) is 29.5. The van der Waals surface area contributed by atoms with Gasteiger partial charge in [0.15, 0.2) is 27.3 Å². The van der Waals surface area contributed by atoms with Gasteiger partial charge in [-0.25, -0.2) is 50.3 Å². The number of ether oxygens (including phenoxy) is 5. The average Bonchev–Trinajstić information content (AvgIpc) is 0.789. The molecule has 0 aliphatic carbocycles. The van der Waals surface area contributed by atoms with Crippen LogP contribution in [0.4, 0.5) is 92.6 Å². The molecule has 0 amide bonds. The van der Waals surface area contributed by atoms with Gasteiger partial charge in [0.05, 0.1) is 120 Å². The molecule has 0 unspecified atom stereocenters. The molecule has 49 heteroatoms. The van der Waals surface area contributed by atoms with Crippen molar-refractivity contribution in [3.05, 3.63) is 221 Å². The summed E-state index contributed by atoms with van der Waals surface area (Å²) in [7, 11) is -14.8. The minimum atomic E-state index is -4.42.